The number of ether oxygens (including phenoxy) is 1. The highest BCUT2D eigenvalue weighted by Gasteiger charge is 2.27. The average molecular weight is 250 g/mol. The van der Waals surface area contributed by atoms with Gasteiger partial charge in [-0.15, -0.1) is 0 Å². The van der Waals surface area contributed by atoms with Gasteiger partial charge in [0.15, 0.2) is 0 Å². The summed E-state index contributed by atoms with van der Waals surface area (Å²) in [6.45, 7) is -0.000367. The van der Waals surface area contributed by atoms with E-state index >= 15 is 0 Å². The lowest BCUT2D eigenvalue weighted by molar-refractivity contribution is -0.0204. The molecule has 1 aliphatic heterocycles. The molecule has 1 aliphatic rings. The Bertz CT molecular complexity index is 581. The van der Waals surface area contributed by atoms with E-state index in [0.29, 0.717) is 11.0 Å². The predicted molar refractivity (Wildman–Crippen MR) is 63.3 cm³/mol. The summed E-state index contributed by atoms with van der Waals surface area (Å²) in [5, 5.41) is 28.8. The van der Waals surface area contributed by atoms with Gasteiger partial charge in [0.1, 0.15) is 17.6 Å². The van der Waals surface area contributed by atoms with Gasteiger partial charge in [0.05, 0.1) is 18.1 Å². The summed E-state index contributed by atoms with van der Waals surface area (Å²) >= 11 is 0. The molecule has 6 heteroatoms. The lowest BCUT2D eigenvalue weighted by Crippen LogP contribution is -2.14. The molecule has 2 aromatic rings. The van der Waals surface area contributed by atoms with E-state index in [-0.39, 0.29) is 30.6 Å². The van der Waals surface area contributed by atoms with Crippen LogP contribution in [0.15, 0.2) is 18.3 Å². The van der Waals surface area contributed by atoms with Gasteiger partial charge in [-0.05, 0) is 18.9 Å². The van der Waals surface area contributed by atoms with E-state index in [1.54, 1.807) is 16.8 Å². The van der Waals surface area contributed by atoms with Crippen LogP contribution in [0, 0.1) is 0 Å². The van der Waals surface area contributed by atoms with Crippen LogP contribution in [0.1, 0.15) is 19.1 Å². The van der Waals surface area contributed by atoms with Gasteiger partial charge in [0.2, 0.25) is 5.88 Å². The number of nitrogens with zero attached hydrogens (tertiary/aromatic N) is 2. The monoisotopic (exact) mass is 250 g/mol. The van der Waals surface area contributed by atoms with E-state index in [2.05, 4.69) is 4.98 Å². The largest absolute Gasteiger partial charge is 0.507 e. The number of hydrogen-bond donors (Lipinski definition) is 3. The number of fused-ring (bicyclic) bond motifs is 1. The number of aliphatic hydroxyl groups is 1. The Hall–Kier alpha value is -1.79. The molecule has 3 rings (SSSR count). The highest BCUT2D eigenvalue weighted by Crippen LogP contribution is 2.34. The number of aromatic nitrogens is 2. The van der Waals surface area contributed by atoms with Gasteiger partial charge in [0, 0.05) is 12.3 Å². The molecule has 3 heterocycles. The second-order valence-electron chi connectivity index (χ2n) is 4.43. The first-order valence-corrected chi connectivity index (χ1v) is 5.85. The van der Waals surface area contributed by atoms with Crippen LogP contribution >= 0.6 is 0 Å². The Labute approximate surface area is 103 Å². The maximum absolute atomic E-state index is 9.71. The molecular formula is C12H14N2O4. The molecule has 3 N–H and O–H groups in total. The number of aliphatic hydroxyl groups excluding tert-OH is 1. The summed E-state index contributed by atoms with van der Waals surface area (Å²) in [6.07, 6.45) is 2.95. The Morgan fingerprint density at radius 2 is 2.22 bits per heavy atom. The van der Waals surface area contributed by atoms with E-state index in [9.17, 15) is 10.2 Å². The third kappa shape index (κ3) is 1.70. The first-order chi connectivity index (χ1) is 8.69. The SMILES string of the molecule is OC[C@@H]1CC[C@@H](n2ccc3c(O)cc(O)nc32)O1. The molecule has 18 heavy (non-hydrogen) atoms. The second-order valence-corrected chi connectivity index (χ2v) is 4.43. The lowest BCUT2D eigenvalue weighted by Gasteiger charge is -2.14. The topological polar surface area (TPSA) is 87.7 Å². The zero-order valence-electron chi connectivity index (χ0n) is 9.65. The maximum Gasteiger partial charge on any atom is 0.216 e. The van der Waals surface area contributed by atoms with E-state index in [4.69, 9.17) is 9.84 Å². The summed E-state index contributed by atoms with van der Waals surface area (Å²) in [7, 11) is 0. The minimum atomic E-state index is -0.225. The van der Waals surface area contributed by atoms with Crippen molar-refractivity contribution in [2.45, 2.75) is 25.2 Å². The summed E-state index contributed by atoms with van der Waals surface area (Å²) in [5.41, 5.74) is 0.482. The average Bonchev–Trinajstić information content (AvgIpc) is 2.93. The van der Waals surface area contributed by atoms with Gasteiger partial charge in [-0.25, -0.2) is 0 Å². The normalized spacial score (nSPS) is 23.8. The molecule has 0 spiro atoms. The molecule has 0 unspecified atom stereocenters. The molecule has 1 fully saturated rings. The minimum absolute atomic E-state index is 0.000367. The molecule has 0 amide bonds. The molecule has 2 aromatic heterocycles. The molecular weight excluding hydrogens is 236 g/mol. The molecule has 0 saturated carbocycles. The molecule has 0 aromatic carbocycles. The van der Waals surface area contributed by atoms with Crippen LogP contribution in [0.3, 0.4) is 0 Å². The van der Waals surface area contributed by atoms with Crippen LogP contribution in [0.4, 0.5) is 0 Å². The van der Waals surface area contributed by atoms with Gasteiger partial charge < -0.3 is 24.6 Å². The van der Waals surface area contributed by atoms with Crippen LogP contribution in [0.2, 0.25) is 0 Å². The molecule has 96 valence electrons. The van der Waals surface area contributed by atoms with E-state index < -0.39 is 0 Å². The van der Waals surface area contributed by atoms with Crippen molar-refractivity contribution >= 4 is 11.0 Å². The minimum Gasteiger partial charge on any atom is -0.507 e. The summed E-state index contributed by atoms with van der Waals surface area (Å²) in [5.74, 6) is -0.232. The number of rotatable bonds is 2. The Morgan fingerprint density at radius 1 is 1.39 bits per heavy atom. The number of aromatic hydroxyl groups is 2. The molecule has 0 bridgehead atoms. The lowest BCUT2D eigenvalue weighted by atomic mass is 10.2. The van der Waals surface area contributed by atoms with Crippen molar-refractivity contribution in [1.29, 1.82) is 0 Å². The van der Waals surface area contributed by atoms with E-state index in [0.717, 1.165) is 12.8 Å². The van der Waals surface area contributed by atoms with Gasteiger partial charge in [-0.2, -0.15) is 4.98 Å². The highest BCUT2D eigenvalue weighted by atomic mass is 16.5. The fraction of sp³-hybridized carbons (Fsp3) is 0.417. The Balaban J connectivity index is 2.03. The summed E-state index contributed by atoms with van der Waals surface area (Å²) in [4.78, 5) is 4.01. The van der Waals surface area contributed by atoms with Crippen molar-refractivity contribution in [2.24, 2.45) is 0 Å². The van der Waals surface area contributed by atoms with Crippen molar-refractivity contribution in [3.63, 3.8) is 0 Å². The fourth-order valence-corrected chi connectivity index (χ4v) is 2.36. The van der Waals surface area contributed by atoms with Crippen LogP contribution in [-0.4, -0.2) is 37.6 Å². The Kier molecular flexibility index (Phi) is 2.61. The van der Waals surface area contributed by atoms with Gasteiger partial charge >= 0.3 is 0 Å². The number of pyridine rings is 1. The van der Waals surface area contributed by atoms with Crippen LogP contribution in [-0.2, 0) is 4.74 Å². The zero-order valence-corrected chi connectivity index (χ0v) is 9.65. The van der Waals surface area contributed by atoms with Crippen LogP contribution < -0.4 is 0 Å². The maximum atomic E-state index is 9.71. The van der Waals surface area contributed by atoms with Crippen LogP contribution in [0.5, 0.6) is 11.6 Å². The van der Waals surface area contributed by atoms with Crippen molar-refractivity contribution in [1.82, 2.24) is 9.55 Å². The van der Waals surface area contributed by atoms with Crippen molar-refractivity contribution in [3.8, 4) is 11.6 Å². The third-order valence-electron chi connectivity index (χ3n) is 3.25. The van der Waals surface area contributed by atoms with Gasteiger partial charge in [0.25, 0.3) is 0 Å². The molecule has 0 aliphatic carbocycles. The zero-order chi connectivity index (χ0) is 12.7. The fourth-order valence-electron chi connectivity index (χ4n) is 2.36. The van der Waals surface area contributed by atoms with E-state index in [1.165, 1.54) is 6.07 Å². The molecule has 1 saturated heterocycles. The predicted octanol–water partition coefficient (Wildman–Crippen LogP) is 1.12. The first-order valence-electron chi connectivity index (χ1n) is 5.85. The number of hydrogen-bond acceptors (Lipinski definition) is 5. The van der Waals surface area contributed by atoms with Crippen LogP contribution in [0.25, 0.3) is 11.0 Å². The second kappa shape index (κ2) is 4.15. The van der Waals surface area contributed by atoms with Crippen molar-refractivity contribution in [3.05, 3.63) is 18.3 Å². The highest BCUT2D eigenvalue weighted by molar-refractivity contribution is 5.83. The van der Waals surface area contributed by atoms with E-state index in [1.807, 2.05) is 0 Å². The van der Waals surface area contributed by atoms with Gasteiger partial charge in [-0.3, -0.25) is 0 Å². The summed E-state index contributed by atoms with van der Waals surface area (Å²) < 4.78 is 7.42. The quantitative estimate of drug-likeness (QED) is 0.743. The smallest absolute Gasteiger partial charge is 0.216 e. The van der Waals surface area contributed by atoms with Crippen molar-refractivity contribution in [2.75, 3.05) is 6.61 Å². The van der Waals surface area contributed by atoms with Crippen molar-refractivity contribution < 1.29 is 20.1 Å². The molecule has 2 atom stereocenters. The standard InChI is InChI=1S/C12H14N2O4/c15-6-7-1-2-11(18-7)14-4-3-8-9(16)5-10(17)13-12(8)14/h3-5,7,11,15H,1-2,6H2,(H2,13,16,17)/t7-,11-/m0/s1. The molecule has 6 nitrogen and oxygen atoms in total. The van der Waals surface area contributed by atoms with Gasteiger partial charge in [-0.1, -0.05) is 0 Å². The Morgan fingerprint density at radius 3 is 2.94 bits per heavy atom. The summed E-state index contributed by atoms with van der Waals surface area (Å²) in [6, 6.07) is 2.94. The third-order valence-corrected chi connectivity index (χ3v) is 3.25. The first kappa shape index (κ1) is 11.3. The molecule has 0 radical (unpaired) electrons.